The molecule has 0 bridgehead atoms. The number of aryl methyl sites for hydroxylation is 1. The Kier molecular flexibility index (Phi) is 4.68. The molecule has 0 aromatic carbocycles. The zero-order valence-corrected chi connectivity index (χ0v) is 17.7. The fourth-order valence-corrected chi connectivity index (χ4v) is 5.52. The van der Waals surface area contributed by atoms with Crippen LogP contribution in [0.2, 0.25) is 0 Å². The van der Waals surface area contributed by atoms with Crippen LogP contribution in [0, 0.1) is 17.8 Å². The molecular weight excluding hydrogens is 366 g/mol. The van der Waals surface area contributed by atoms with Gasteiger partial charge in [-0.3, -0.25) is 14.5 Å². The summed E-state index contributed by atoms with van der Waals surface area (Å²) in [6.45, 7) is 5.69. The lowest BCUT2D eigenvalue weighted by Gasteiger charge is -2.44. The van der Waals surface area contributed by atoms with E-state index in [0.717, 1.165) is 44.6 Å². The first-order valence-electron chi connectivity index (χ1n) is 11.3. The van der Waals surface area contributed by atoms with Crippen LogP contribution in [0.4, 0.5) is 0 Å². The third-order valence-corrected chi connectivity index (χ3v) is 7.79. The summed E-state index contributed by atoms with van der Waals surface area (Å²) in [5.74, 6) is 1.76. The first kappa shape index (κ1) is 19.1. The number of carbonyl (C=O) groups is 2. The molecule has 2 aliphatic heterocycles. The summed E-state index contributed by atoms with van der Waals surface area (Å²) in [6, 6.07) is 0. The molecule has 1 N–H and O–H groups in total. The summed E-state index contributed by atoms with van der Waals surface area (Å²) in [5.41, 5.74) is 1.93. The van der Waals surface area contributed by atoms with E-state index >= 15 is 0 Å². The highest BCUT2D eigenvalue weighted by molar-refractivity contribution is 5.83. The fraction of sp³-hybridized carbons (Fsp3) is 0.773. The van der Waals surface area contributed by atoms with E-state index in [0.29, 0.717) is 30.8 Å². The van der Waals surface area contributed by atoms with Crippen molar-refractivity contribution in [1.82, 2.24) is 24.7 Å². The Morgan fingerprint density at radius 1 is 1.31 bits per heavy atom. The molecule has 158 valence electrons. The van der Waals surface area contributed by atoms with Gasteiger partial charge < -0.3 is 14.8 Å². The lowest BCUT2D eigenvalue weighted by Crippen LogP contribution is -2.56. The lowest BCUT2D eigenvalue weighted by molar-refractivity contribution is -0.140. The Bertz CT molecular complexity index is 816. The van der Waals surface area contributed by atoms with Crippen molar-refractivity contribution in [2.45, 2.75) is 51.0 Å². The molecule has 1 aromatic heterocycles. The molecular formula is C22H33N5O2. The Labute approximate surface area is 172 Å². The zero-order chi connectivity index (χ0) is 20.2. The molecule has 7 heteroatoms. The van der Waals surface area contributed by atoms with E-state index in [1.54, 1.807) is 0 Å². The monoisotopic (exact) mass is 399 g/mol. The molecule has 4 aliphatic rings. The van der Waals surface area contributed by atoms with E-state index < -0.39 is 0 Å². The molecule has 1 aromatic rings. The van der Waals surface area contributed by atoms with Gasteiger partial charge in [0, 0.05) is 51.3 Å². The molecule has 2 saturated carbocycles. The van der Waals surface area contributed by atoms with Crippen LogP contribution in [-0.2, 0) is 28.6 Å². The minimum absolute atomic E-state index is 0.111. The van der Waals surface area contributed by atoms with Gasteiger partial charge in [0.05, 0.1) is 18.6 Å². The molecule has 2 amide bonds. The van der Waals surface area contributed by atoms with Crippen molar-refractivity contribution in [3.05, 3.63) is 17.7 Å². The summed E-state index contributed by atoms with van der Waals surface area (Å²) in [7, 11) is 2.04. The largest absolute Gasteiger partial charge is 0.355 e. The first-order chi connectivity index (χ1) is 14.0. The maximum absolute atomic E-state index is 13.3. The topological polar surface area (TPSA) is 70.5 Å². The quantitative estimate of drug-likeness (QED) is 0.810. The number of nitrogens with one attached hydrogen (secondary N) is 1. The Hall–Kier alpha value is -1.89. The van der Waals surface area contributed by atoms with Gasteiger partial charge in [-0.1, -0.05) is 13.3 Å². The number of amides is 2. The second-order valence-corrected chi connectivity index (χ2v) is 9.80. The number of nitrogens with zero attached hydrogens (tertiary/aromatic N) is 4. The van der Waals surface area contributed by atoms with Crippen LogP contribution in [-0.4, -0.2) is 63.9 Å². The zero-order valence-electron chi connectivity index (χ0n) is 17.7. The summed E-state index contributed by atoms with van der Waals surface area (Å²) in [6.07, 6.45) is 8.40. The minimum atomic E-state index is -0.373. The first-order valence-corrected chi connectivity index (χ1v) is 11.3. The molecule has 1 spiro atoms. The van der Waals surface area contributed by atoms with Crippen molar-refractivity contribution >= 4 is 11.8 Å². The Balaban J connectivity index is 1.32. The van der Waals surface area contributed by atoms with Crippen LogP contribution in [0.1, 0.15) is 50.4 Å². The Morgan fingerprint density at radius 2 is 2.10 bits per heavy atom. The molecule has 2 aliphatic carbocycles. The van der Waals surface area contributed by atoms with E-state index in [-0.39, 0.29) is 17.4 Å². The second-order valence-electron chi connectivity index (χ2n) is 9.80. The lowest BCUT2D eigenvalue weighted by atomic mass is 9.85. The van der Waals surface area contributed by atoms with Gasteiger partial charge in [-0.15, -0.1) is 0 Å². The maximum atomic E-state index is 13.3. The molecule has 3 atom stereocenters. The van der Waals surface area contributed by atoms with Crippen LogP contribution in [0.25, 0.3) is 0 Å². The standard InChI is InChI=1S/C22H33N5O2/c1-15-10-17(15)21(29)27-8-6-18-20(24-14-25(18)2)22(27)7-9-26(13-22)12-19(28)23-11-16-4-3-5-16/h14-17H,3-13H2,1-2H3,(H,23,28)/t15-,17-,22?/m1/s1. The molecule has 7 nitrogen and oxygen atoms in total. The number of hydrogen-bond donors (Lipinski definition) is 1. The maximum Gasteiger partial charge on any atom is 0.234 e. The van der Waals surface area contributed by atoms with Crippen LogP contribution in [0.15, 0.2) is 6.33 Å². The van der Waals surface area contributed by atoms with E-state index in [1.807, 2.05) is 13.4 Å². The number of carbonyl (C=O) groups excluding carboxylic acids is 2. The minimum Gasteiger partial charge on any atom is -0.355 e. The average molecular weight is 400 g/mol. The number of aromatic nitrogens is 2. The van der Waals surface area contributed by atoms with Crippen molar-refractivity contribution in [2.75, 3.05) is 32.7 Å². The van der Waals surface area contributed by atoms with Crippen LogP contribution in [0.5, 0.6) is 0 Å². The van der Waals surface area contributed by atoms with Gasteiger partial charge in [0.15, 0.2) is 0 Å². The van der Waals surface area contributed by atoms with Gasteiger partial charge in [0.2, 0.25) is 11.8 Å². The number of hydrogen-bond acceptors (Lipinski definition) is 4. The summed E-state index contributed by atoms with van der Waals surface area (Å²) < 4.78 is 2.10. The van der Waals surface area contributed by atoms with Gasteiger partial charge in [0.1, 0.15) is 5.54 Å². The number of likely N-dealkylation sites (tertiary alicyclic amines) is 1. The van der Waals surface area contributed by atoms with Gasteiger partial charge in [-0.2, -0.15) is 0 Å². The molecule has 1 unspecified atom stereocenters. The molecule has 5 rings (SSSR count). The van der Waals surface area contributed by atoms with Gasteiger partial charge >= 0.3 is 0 Å². The van der Waals surface area contributed by atoms with Crippen molar-refractivity contribution in [1.29, 1.82) is 0 Å². The molecule has 0 radical (unpaired) electrons. The van der Waals surface area contributed by atoms with Gasteiger partial charge in [-0.25, -0.2) is 4.98 Å². The normalized spacial score (nSPS) is 31.6. The smallest absolute Gasteiger partial charge is 0.234 e. The summed E-state index contributed by atoms with van der Waals surface area (Å²) in [5, 5.41) is 3.11. The molecule has 3 fully saturated rings. The Morgan fingerprint density at radius 3 is 2.79 bits per heavy atom. The van der Waals surface area contributed by atoms with Gasteiger partial charge in [-0.05, 0) is 37.5 Å². The number of fused-ring (bicyclic) bond motifs is 2. The number of rotatable bonds is 5. The van der Waals surface area contributed by atoms with E-state index in [9.17, 15) is 9.59 Å². The summed E-state index contributed by atoms with van der Waals surface area (Å²) in [4.78, 5) is 34.9. The SMILES string of the molecule is C[C@@H]1C[C@H]1C(=O)N1CCc2c(ncn2C)C12CCN(CC(=O)NCC1CCC1)C2. The van der Waals surface area contributed by atoms with Crippen molar-refractivity contribution < 1.29 is 9.59 Å². The predicted octanol–water partition coefficient (Wildman–Crippen LogP) is 1.28. The highest BCUT2D eigenvalue weighted by Crippen LogP contribution is 2.46. The van der Waals surface area contributed by atoms with E-state index in [4.69, 9.17) is 4.98 Å². The van der Waals surface area contributed by atoms with Crippen molar-refractivity contribution in [3.63, 3.8) is 0 Å². The van der Waals surface area contributed by atoms with Crippen LogP contribution < -0.4 is 5.32 Å². The third-order valence-electron chi connectivity index (χ3n) is 7.79. The van der Waals surface area contributed by atoms with Crippen LogP contribution in [0.3, 0.4) is 0 Å². The molecule has 1 saturated heterocycles. The predicted molar refractivity (Wildman–Crippen MR) is 109 cm³/mol. The van der Waals surface area contributed by atoms with E-state index in [1.165, 1.54) is 25.0 Å². The number of imidazole rings is 1. The highest BCUT2D eigenvalue weighted by Gasteiger charge is 2.54. The molecule has 3 heterocycles. The van der Waals surface area contributed by atoms with Crippen LogP contribution >= 0.6 is 0 Å². The van der Waals surface area contributed by atoms with Gasteiger partial charge in [0.25, 0.3) is 0 Å². The molecule has 29 heavy (non-hydrogen) atoms. The second kappa shape index (κ2) is 7.11. The van der Waals surface area contributed by atoms with Crippen molar-refractivity contribution in [2.24, 2.45) is 24.8 Å². The van der Waals surface area contributed by atoms with E-state index in [2.05, 4.69) is 26.6 Å². The summed E-state index contributed by atoms with van der Waals surface area (Å²) >= 11 is 0. The average Bonchev–Trinajstić information content (AvgIpc) is 3.05. The highest BCUT2D eigenvalue weighted by atomic mass is 16.2. The van der Waals surface area contributed by atoms with Crippen molar-refractivity contribution in [3.8, 4) is 0 Å². The third kappa shape index (κ3) is 3.27. The fourth-order valence-electron chi connectivity index (χ4n) is 5.52.